The molecule has 0 heterocycles. The van der Waals surface area contributed by atoms with Gasteiger partial charge in [-0.05, 0) is 12.5 Å². The lowest BCUT2D eigenvalue weighted by atomic mass is 9.87. The Morgan fingerprint density at radius 3 is 2.48 bits per heavy atom. The van der Waals surface area contributed by atoms with Gasteiger partial charge in [-0.1, -0.05) is 29.7 Å². The lowest BCUT2D eigenvalue weighted by Gasteiger charge is -2.08. The predicted octanol–water partition coefficient (Wildman–Crippen LogP) is 2.39. The van der Waals surface area contributed by atoms with Crippen molar-refractivity contribution in [3.05, 3.63) is 66.3 Å². The van der Waals surface area contributed by atoms with Gasteiger partial charge in [0, 0.05) is 31.0 Å². The van der Waals surface area contributed by atoms with Gasteiger partial charge in [-0.2, -0.15) is 0 Å². The molecule has 0 atom stereocenters. The summed E-state index contributed by atoms with van der Waals surface area (Å²) in [4.78, 5) is 0. The highest BCUT2D eigenvalue weighted by Crippen LogP contribution is 2.16. The van der Waals surface area contributed by atoms with Gasteiger partial charge in [0.15, 0.2) is 17.5 Å². The smallest absolute Gasteiger partial charge is 0.308 e. The summed E-state index contributed by atoms with van der Waals surface area (Å²) in [5.41, 5.74) is 2.09. The summed E-state index contributed by atoms with van der Waals surface area (Å²) in [6.45, 7) is 4.52. The molecule has 0 aliphatic carbocycles. The number of hydrogen-bond donors (Lipinski definition) is 1. The van der Waals surface area contributed by atoms with Crippen molar-refractivity contribution in [1.29, 1.82) is 0 Å². The zero-order valence-corrected chi connectivity index (χ0v) is 11.3. The molecule has 0 fully saturated rings. The Labute approximate surface area is 122 Å². The minimum absolute atomic E-state index is 0.176. The van der Waals surface area contributed by atoms with Crippen molar-refractivity contribution < 1.29 is 17.8 Å². The van der Waals surface area contributed by atoms with E-state index in [-0.39, 0.29) is 5.69 Å². The van der Waals surface area contributed by atoms with Crippen LogP contribution in [0.3, 0.4) is 0 Å². The minimum Gasteiger partial charge on any atom is -0.433 e. The molecule has 0 amide bonds. The molecule has 6 heteroatoms. The van der Waals surface area contributed by atoms with Gasteiger partial charge >= 0.3 is 7.48 Å². The van der Waals surface area contributed by atoms with Crippen molar-refractivity contribution in [2.24, 2.45) is 0 Å². The molecule has 0 aromatic heterocycles. The SMILES string of the molecule is [CH2]c1cccc(BOCCNc2cc(F)c(F)c(F)c2)c1. The summed E-state index contributed by atoms with van der Waals surface area (Å²) in [6.07, 6.45) is 0. The molecule has 0 aliphatic heterocycles. The zero-order valence-electron chi connectivity index (χ0n) is 11.3. The highest BCUT2D eigenvalue weighted by atomic mass is 19.2. The maximum absolute atomic E-state index is 13.0. The van der Waals surface area contributed by atoms with E-state index >= 15 is 0 Å². The van der Waals surface area contributed by atoms with Crippen LogP contribution >= 0.6 is 0 Å². The first kappa shape index (κ1) is 15.4. The third-order valence-corrected chi connectivity index (χ3v) is 2.82. The van der Waals surface area contributed by atoms with E-state index in [1.54, 1.807) is 0 Å². The largest absolute Gasteiger partial charge is 0.433 e. The maximum Gasteiger partial charge on any atom is 0.308 e. The zero-order chi connectivity index (χ0) is 15.2. The fourth-order valence-corrected chi connectivity index (χ4v) is 1.83. The monoisotopic (exact) mass is 292 g/mol. The van der Waals surface area contributed by atoms with Crippen LogP contribution in [0.4, 0.5) is 18.9 Å². The van der Waals surface area contributed by atoms with Crippen LogP contribution in [0.1, 0.15) is 5.56 Å². The molecular formula is C15H14BF3NO. The molecule has 2 aromatic rings. The van der Waals surface area contributed by atoms with Crippen molar-refractivity contribution in [3.8, 4) is 0 Å². The van der Waals surface area contributed by atoms with Crippen LogP contribution in [0.25, 0.3) is 0 Å². The average Bonchev–Trinajstić information content (AvgIpc) is 2.44. The Hall–Kier alpha value is -1.95. The quantitative estimate of drug-likeness (QED) is 0.501. The van der Waals surface area contributed by atoms with Crippen molar-refractivity contribution >= 4 is 18.6 Å². The van der Waals surface area contributed by atoms with Gasteiger partial charge in [-0.15, -0.1) is 0 Å². The number of rotatable bonds is 6. The second kappa shape index (κ2) is 7.17. The Morgan fingerprint density at radius 1 is 1.10 bits per heavy atom. The summed E-state index contributed by atoms with van der Waals surface area (Å²) in [5, 5.41) is 2.77. The van der Waals surface area contributed by atoms with E-state index in [1.165, 1.54) is 0 Å². The Morgan fingerprint density at radius 2 is 1.81 bits per heavy atom. The van der Waals surface area contributed by atoms with E-state index in [0.717, 1.165) is 23.2 Å². The maximum atomic E-state index is 13.0. The molecule has 2 rings (SSSR count). The van der Waals surface area contributed by atoms with Gasteiger partial charge in [0.05, 0.1) is 0 Å². The van der Waals surface area contributed by atoms with Gasteiger partial charge in [0.2, 0.25) is 0 Å². The van der Waals surface area contributed by atoms with Crippen molar-refractivity contribution in [2.75, 3.05) is 18.5 Å². The number of nitrogens with one attached hydrogen (secondary N) is 1. The van der Waals surface area contributed by atoms with Crippen molar-refractivity contribution in [3.63, 3.8) is 0 Å². The minimum atomic E-state index is -1.47. The molecule has 109 valence electrons. The molecule has 1 N–H and O–H groups in total. The second-order valence-corrected chi connectivity index (χ2v) is 4.55. The molecule has 0 bridgehead atoms. The van der Waals surface area contributed by atoms with Crippen LogP contribution in [0.15, 0.2) is 36.4 Å². The Bertz CT molecular complexity index is 599. The molecule has 21 heavy (non-hydrogen) atoms. The first-order valence-electron chi connectivity index (χ1n) is 6.43. The lowest BCUT2D eigenvalue weighted by Crippen LogP contribution is -2.21. The highest BCUT2D eigenvalue weighted by Gasteiger charge is 2.09. The van der Waals surface area contributed by atoms with E-state index in [0.29, 0.717) is 20.6 Å². The van der Waals surface area contributed by atoms with Gasteiger partial charge in [0.1, 0.15) is 0 Å². The lowest BCUT2D eigenvalue weighted by molar-refractivity contribution is 0.358. The summed E-state index contributed by atoms with van der Waals surface area (Å²) in [5.74, 6) is -3.90. The number of anilines is 1. The third kappa shape index (κ3) is 4.53. The van der Waals surface area contributed by atoms with E-state index in [1.807, 2.05) is 24.3 Å². The summed E-state index contributed by atoms with van der Waals surface area (Å²) in [6, 6.07) is 9.44. The molecular weight excluding hydrogens is 278 g/mol. The highest BCUT2D eigenvalue weighted by molar-refractivity contribution is 6.46. The van der Waals surface area contributed by atoms with E-state index < -0.39 is 17.5 Å². The average molecular weight is 292 g/mol. The normalized spacial score (nSPS) is 10.5. The molecule has 2 aromatic carbocycles. The van der Waals surface area contributed by atoms with Crippen molar-refractivity contribution in [1.82, 2.24) is 0 Å². The fraction of sp³-hybridized carbons (Fsp3) is 0.133. The first-order valence-corrected chi connectivity index (χ1v) is 6.43. The van der Waals surface area contributed by atoms with Crippen LogP contribution in [0.2, 0.25) is 0 Å². The van der Waals surface area contributed by atoms with Gasteiger partial charge in [-0.3, -0.25) is 0 Å². The molecule has 0 unspecified atom stereocenters. The van der Waals surface area contributed by atoms with Crippen LogP contribution in [-0.4, -0.2) is 20.6 Å². The van der Waals surface area contributed by atoms with Crippen LogP contribution in [-0.2, 0) is 4.65 Å². The van der Waals surface area contributed by atoms with Gasteiger partial charge in [0.25, 0.3) is 0 Å². The topological polar surface area (TPSA) is 21.3 Å². The summed E-state index contributed by atoms with van der Waals surface area (Å²) in [7, 11) is 0.428. The van der Waals surface area contributed by atoms with Crippen LogP contribution in [0, 0.1) is 24.4 Å². The molecule has 2 nitrogen and oxygen atoms in total. The molecule has 1 radical (unpaired) electrons. The Balaban J connectivity index is 1.75. The Kier molecular flexibility index (Phi) is 5.28. The molecule has 0 spiro atoms. The van der Waals surface area contributed by atoms with E-state index in [4.69, 9.17) is 4.65 Å². The number of hydrogen-bond acceptors (Lipinski definition) is 2. The third-order valence-electron chi connectivity index (χ3n) is 2.82. The standard InChI is InChI=1S/C15H14BF3NO/c1-10-3-2-4-11(7-10)16-21-6-5-20-12-8-13(17)15(19)14(18)9-12/h2-4,7-9,16,20H,1,5-6H2. The van der Waals surface area contributed by atoms with Crippen LogP contribution < -0.4 is 10.8 Å². The van der Waals surface area contributed by atoms with E-state index in [2.05, 4.69) is 12.2 Å². The summed E-state index contributed by atoms with van der Waals surface area (Å²) >= 11 is 0. The molecule has 0 aliphatic rings. The first-order chi connectivity index (χ1) is 10.1. The number of halogens is 3. The fourth-order valence-electron chi connectivity index (χ4n) is 1.83. The molecule has 0 saturated carbocycles. The van der Waals surface area contributed by atoms with Crippen LogP contribution in [0.5, 0.6) is 0 Å². The summed E-state index contributed by atoms with van der Waals surface area (Å²) < 4.78 is 44.2. The molecule has 0 saturated heterocycles. The van der Waals surface area contributed by atoms with Crippen molar-refractivity contribution in [2.45, 2.75) is 0 Å². The van der Waals surface area contributed by atoms with Gasteiger partial charge in [-0.25, -0.2) is 13.2 Å². The predicted molar refractivity (Wildman–Crippen MR) is 78.4 cm³/mol. The van der Waals surface area contributed by atoms with Gasteiger partial charge < -0.3 is 9.97 Å². The second-order valence-electron chi connectivity index (χ2n) is 4.55. The van der Waals surface area contributed by atoms with E-state index in [9.17, 15) is 13.2 Å². The number of benzene rings is 2.